The third-order valence-electron chi connectivity index (χ3n) is 4.10. The first-order chi connectivity index (χ1) is 11.6. The highest BCUT2D eigenvalue weighted by Crippen LogP contribution is 2.16. The molecule has 1 aromatic heterocycles. The fraction of sp³-hybridized carbons (Fsp3) is 0.444. The van der Waals surface area contributed by atoms with Crippen molar-refractivity contribution in [1.82, 2.24) is 20.4 Å². The van der Waals surface area contributed by atoms with E-state index in [1.54, 1.807) is 6.07 Å². The molecule has 1 saturated heterocycles. The van der Waals surface area contributed by atoms with E-state index < -0.39 is 0 Å². The highest BCUT2D eigenvalue weighted by Gasteiger charge is 2.21. The molecule has 6 nitrogen and oxygen atoms in total. The first-order valence-corrected chi connectivity index (χ1v) is 8.38. The van der Waals surface area contributed by atoms with Gasteiger partial charge in [0.1, 0.15) is 5.69 Å². The maximum atomic E-state index is 12.2. The van der Waals surface area contributed by atoms with Crippen molar-refractivity contribution in [3.63, 3.8) is 0 Å². The average Bonchev–Trinajstić information content (AvgIpc) is 3.05. The zero-order valence-corrected chi connectivity index (χ0v) is 14.2. The van der Waals surface area contributed by atoms with Crippen molar-refractivity contribution < 1.29 is 9.53 Å². The van der Waals surface area contributed by atoms with Gasteiger partial charge in [-0.05, 0) is 19.9 Å². The van der Waals surface area contributed by atoms with Gasteiger partial charge in [-0.15, -0.1) is 0 Å². The Labute approximate surface area is 142 Å². The summed E-state index contributed by atoms with van der Waals surface area (Å²) in [6, 6.07) is 11.6. The van der Waals surface area contributed by atoms with E-state index in [1.165, 1.54) is 0 Å². The maximum absolute atomic E-state index is 12.2. The molecule has 0 spiro atoms. The molecule has 0 radical (unpaired) electrons. The van der Waals surface area contributed by atoms with Crippen molar-refractivity contribution in [2.24, 2.45) is 0 Å². The summed E-state index contributed by atoms with van der Waals surface area (Å²) in [6.07, 6.45) is 0.482. The topological polar surface area (TPSA) is 70.2 Å². The van der Waals surface area contributed by atoms with Gasteiger partial charge in [-0.1, -0.05) is 30.3 Å². The number of ether oxygens (including phenoxy) is 1. The molecule has 0 saturated carbocycles. The van der Waals surface area contributed by atoms with Gasteiger partial charge in [0.05, 0.1) is 17.9 Å². The van der Waals surface area contributed by atoms with Gasteiger partial charge in [-0.3, -0.25) is 14.8 Å². The molecule has 24 heavy (non-hydrogen) atoms. The fourth-order valence-electron chi connectivity index (χ4n) is 3.08. The molecule has 1 fully saturated rings. The lowest BCUT2D eigenvalue weighted by molar-refractivity contribution is -0.0672. The zero-order valence-electron chi connectivity index (χ0n) is 14.2. The number of aromatic nitrogens is 2. The van der Waals surface area contributed by atoms with Crippen molar-refractivity contribution in [2.75, 3.05) is 26.2 Å². The summed E-state index contributed by atoms with van der Waals surface area (Å²) >= 11 is 0. The highest BCUT2D eigenvalue weighted by atomic mass is 16.5. The van der Waals surface area contributed by atoms with Gasteiger partial charge in [0.2, 0.25) is 0 Å². The van der Waals surface area contributed by atoms with Crippen molar-refractivity contribution in [3.8, 4) is 11.3 Å². The van der Waals surface area contributed by atoms with E-state index in [0.717, 1.165) is 30.9 Å². The monoisotopic (exact) mass is 328 g/mol. The first-order valence-electron chi connectivity index (χ1n) is 8.38. The van der Waals surface area contributed by atoms with Crippen molar-refractivity contribution >= 4 is 5.91 Å². The highest BCUT2D eigenvalue weighted by molar-refractivity contribution is 5.93. The van der Waals surface area contributed by atoms with Gasteiger partial charge in [0.25, 0.3) is 5.91 Å². The van der Waals surface area contributed by atoms with E-state index in [4.69, 9.17) is 4.74 Å². The second kappa shape index (κ2) is 7.59. The molecule has 6 heteroatoms. The van der Waals surface area contributed by atoms with Crippen LogP contribution in [0.3, 0.4) is 0 Å². The van der Waals surface area contributed by atoms with E-state index in [-0.39, 0.29) is 18.1 Å². The summed E-state index contributed by atoms with van der Waals surface area (Å²) in [6.45, 7) is 7.40. The number of hydrogen-bond donors (Lipinski definition) is 2. The number of rotatable bonds is 5. The Morgan fingerprint density at radius 3 is 2.71 bits per heavy atom. The Morgan fingerprint density at radius 1 is 1.29 bits per heavy atom. The number of aromatic amines is 1. The molecular formula is C18H24N4O2. The van der Waals surface area contributed by atoms with E-state index in [9.17, 15) is 4.79 Å². The lowest BCUT2D eigenvalue weighted by atomic mass is 10.1. The number of carbonyl (C=O) groups excluding carboxylic acids is 1. The Morgan fingerprint density at radius 2 is 2.00 bits per heavy atom. The van der Waals surface area contributed by atoms with Crippen LogP contribution in [-0.4, -0.2) is 59.4 Å². The minimum absolute atomic E-state index is 0.126. The molecule has 3 rings (SSSR count). The molecule has 0 unspecified atom stereocenters. The van der Waals surface area contributed by atoms with Gasteiger partial charge < -0.3 is 10.1 Å². The summed E-state index contributed by atoms with van der Waals surface area (Å²) < 4.78 is 5.72. The van der Waals surface area contributed by atoms with Crippen LogP contribution >= 0.6 is 0 Å². The van der Waals surface area contributed by atoms with Crippen LogP contribution in [0, 0.1) is 0 Å². The summed E-state index contributed by atoms with van der Waals surface area (Å²) in [5.41, 5.74) is 2.25. The molecule has 2 heterocycles. The first kappa shape index (κ1) is 16.7. The van der Waals surface area contributed by atoms with Crippen LogP contribution in [0.15, 0.2) is 36.4 Å². The van der Waals surface area contributed by atoms with E-state index in [2.05, 4.69) is 34.3 Å². The zero-order chi connectivity index (χ0) is 16.9. The molecule has 0 aliphatic carbocycles. The quantitative estimate of drug-likeness (QED) is 0.880. The maximum Gasteiger partial charge on any atom is 0.269 e. The lowest BCUT2D eigenvalue weighted by Gasteiger charge is -2.35. The molecule has 2 aromatic rings. The largest absolute Gasteiger partial charge is 0.373 e. The number of carbonyl (C=O) groups is 1. The van der Waals surface area contributed by atoms with Crippen LogP contribution in [0.4, 0.5) is 0 Å². The second-order valence-corrected chi connectivity index (χ2v) is 6.31. The second-order valence-electron chi connectivity index (χ2n) is 6.31. The Balaban J connectivity index is 1.50. The molecule has 2 atom stereocenters. The Hall–Kier alpha value is -2.18. The molecule has 128 valence electrons. The van der Waals surface area contributed by atoms with Crippen LogP contribution < -0.4 is 5.32 Å². The lowest BCUT2D eigenvalue weighted by Crippen LogP contribution is -2.47. The number of nitrogens with zero attached hydrogens (tertiary/aromatic N) is 2. The summed E-state index contributed by atoms with van der Waals surface area (Å²) in [5.74, 6) is -0.126. The number of hydrogen-bond acceptors (Lipinski definition) is 4. The van der Waals surface area contributed by atoms with Gasteiger partial charge in [-0.2, -0.15) is 5.10 Å². The number of nitrogens with one attached hydrogen (secondary N) is 2. The van der Waals surface area contributed by atoms with Gasteiger partial charge in [0, 0.05) is 31.7 Å². The predicted molar refractivity (Wildman–Crippen MR) is 92.8 cm³/mol. The van der Waals surface area contributed by atoms with E-state index >= 15 is 0 Å². The van der Waals surface area contributed by atoms with E-state index in [0.29, 0.717) is 12.2 Å². The van der Waals surface area contributed by atoms with Crippen molar-refractivity contribution in [3.05, 3.63) is 42.1 Å². The molecule has 1 amide bonds. The molecule has 0 bridgehead atoms. The molecule has 2 N–H and O–H groups in total. The van der Waals surface area contributed by atoms with Crippen LogP contribution in [0.5, 0.6) is 0 Å². The average molecular weight is 328 g/mol. The predicted octanol–water partition coefficient (Wildman–Crippen LogP) is 1.92. The molecule has 1 aromatic carbocycles. The van der Waals surface area contributed by atoms with Crippen molar-refractivity contribution in [1.29, 1.82) is 0 Å². The number of H-pyrrole nitrogens is 1. The molecule has 1 aliphatic rings. The number of morpholine rings is 1. The van der Waals surface area contributed by atoms with Crippen LogP contribution in [-0.2, 0) is 4.74 Å². The normalized spacial score (nSPS) is 21.6. The fourth-order valence-corrected chi connectivity index (χ4v) is 3.08. The third-order valence-corrected chi connectivity index (χ3v) is 4.10. The van der Waals surface area contributed by atoms with Crippen LogP contribution in [0.2, 0.25) is 0 Å². The summed E-state index contributed by atoms with van der Waals surface area (Å²) in [7, 11) is 0. The standard InChI is InChI=1S/C18H24N4O2/c1-13-11-22(12-14(2)24-13)9-8-19-18(23)17-10-16(20-21-17)15-6-4-3-5-7-15/h3-7,10,13-14H,8-9,11-12H2,1-2H3,(H,19,23)(H,20,21)/t13-,14+. The Bertz CT molecular complexity index is 661. The Kier molecular flexibility index (Phi) is 5.27. The van der Waals surface area contributed by atoms with Gasteiger partial charge in [0.15, 0.2) is 0 Å². The van der Waals surface area contributed by atoms with Gasteiger partial charge in [-0.25, -0.2) is 0 Å². The summed E-state index contributed by atoms with van der Waals surface area (Å²) in [5, 5.41) is 9.97. The minimum atomic E-state index is -0.126. The van der Waals surface area contributed by atoms with Crippen LogP contribution in [0.1, 0.15) is 24.3 Å². The third kappa shape index (κ3) is 4.21. The summed E-state index contributed by atoms with van der Waals surface area (Å²) in [4.78, 5) is 14.6. The SMILES string of the molecule is C[C@@H]1CN(CCNC(=O)c2cc(-c3ccccc3)n[nH]2)C[C@H](C)O1. The van der Waals surface area contributed by atoms with Crippen LogP contribution in [0.25, 0.3) is 11.3 Å². The van der Waals surface area contributed by atoms with Gasteiger partial charge >= 0.3 is 0 Å². The van der Waals surface area contributed by atoms with Crippen molar-refractivity contribution in [2.45, 2.75) is 26.1 Å². The number of benzene rings is 1. The smallest absolute Gasteiger partial charge is 0.269 e. The van der Waals surface area contributed by atoms with E-state index in [1.807, 2.05) is 30.3 Å². The number of amides is 1. The minimum Gasteiger partial charge on any atom is -0.373 e. The molecule has 1 aliphatic heterocycles. The molecular weight excluding hydrogens is 304 g/mol.